The number of ketones is 1. The van der Waals surface area contributed by atoms with Crippen LogP contribution in [-0.2, 0) is 20.4 Å². The minimum Gasteiger partial charge on any atom is -0.507 e. The van der Waals surface area contributed by atoms with Crippen LogP contribution in [0, 0.1) is 10.8 Å². The lowest BCUT2D eigenvalue weighted by atomic mass is 9.71. The predicted molar refractivity (Wildman–Crippen MR) is 153 cm³/mol. The van der Waals surface area contributed by atoms with Gasteiger partial charge in [-0.1, -0.05) is 83.1 Å². The third-order valence-corrected chi connectivity index (χ3v) is 7.70. The number of rotatable bonds is 1. The molecule has 0 radical (unpaired) electrons. The van der Waals surface area contributed by atoms with Gasteiger partial charge < -0.3 is 5.11 Å². The summed E-state index contributed by atoms with van der Waals surface area (Å²) in [5, 5.41) is 11.1. The Morgan fingerprint density at radius 1 is 0.639 bits per heavy atom. The zero-order valence-electron chi connectivity index (χ0n) is 24.1. The SMILES string of the molecule is CC(C)(C)C1=CC(=C2C=C(c3cc(C(C)(C)C)c(O)c(C(C)(C)C)c3)SC2=O)C=C(C(C)(C)C)C1=O. The maximum atomic E-state index is 13.4. The number of benzene rings is 1. The van der Waals surface area contributed by atoms with Gasteiger partial charge in [-0.3, -0.25) is 9.59 Å². The first-order valence-corrected chi connectivity index (χ1v) is 13.5. The van der Waals surface area contributed by atoms with Crippen molar-refractivity contribution in [3.05, 3.63) is 69.3 Å². The third kappa shape index (κ3) is 5.49. The van der Waals surface area contributed by atoms with Gasteiger partial charge in [0.05, 0.1) is 0 Å². The van der Waals surface area contributed by atoms with Crippen LogP contribution >= 0.6 is 11.8 Å². The van der Waals surface area contributed by atoms with Crippen LogP contribution in [0.4, 0.5) is 0 Å². The van der Waals surface area contributed by atoms with E-state index in [1.807, 2.05) is 71.9 Å². The van der Waals surface area contributed by atoms with E-state index in [1.165, 1.54) is 11.8 Å². The zero-order valence-corrected chi connectivity index (χ0v) is 24.9. The molecule has 0 atom stereocenters. The van der Waals surface area contributed by atoms with Gasteiger partial charge in [-0.25, -0.2) is 0 Å². The number of allylic oxidation sites excluding steroid dienone is 6. The number of carbonyl (C=O) groups excluding carboxylic acids is 2. The van der Waals surface area contributed by atoms with Gasteiger partial charge >= 0.3 is 0 Å². The van der Waals surface area contributed by atoms with E-state index >= 15 is 0 Å². The molecule has 36 heavy (non-hydrogen) atoms. The van der Waals surface area contributed by atoms with Gasteiger partial charge in [-0.05, 0) is 74.9 Å². The molecule has 0 unspecified atom stereocenters. The molecule has 0 saturated heterocycles. The van der Waals surface area contributed by atoms with Gasteiger partial charge in [0.1, 0.15) is 5.75 Å². The first-order chi connectivity index (χ1) is 16.1. The van der Waals surface area contributed by atoms with Gasteiger partial charge in [0.15, 0.2) is 5.78 Å². The van der Waals surface area contributed by atoms with Crippen molar-refractivity contribution in [1.29, 1.82) is 0 Å². The maximum Gasteiger partial charge on any atom is 0.224 e. The van der Waals surface area contributed by atoms with Gasteiger partial charge in [0, 0.05) is 32.8 Å². The second-order valence-electron chi connectivity index (χ2n) is 14.1. The summed E-state index contributed by atoms with van der Waals surface area (Å²) in [6.45, 7) is 24.7. The van der Waals surface area contributed by atoms with Crippen molar-refractivity contribution in [3.8, 4) is 5.75 Å². The highest BCUT2D eigenvalue weighted by Crippen LogP contribution is 2.47. The fourth-order valence-corrected chi connectivity index (χ4v) is 5.44. The van der Waals surface area contributed by atoms with Crippen molar-refractivity contribution in [2.24, 2.45) is 10.8 Å². The minimum absolute atomic E-state index is 0.0222. The number of hydrogen-bond donors (Lipinski definition) is 1. The molecular weight excluding hydrogens is 464 g/mol. The quantitative estimate of drug-likeness (QED) is 0.388. The molecule has 0 amide bonds. The average molecular weight is 507 g/mol. The Kier molecular flexibility index (Phi) is 6.98. The van der Waals surface area contributed by atoms with Gasteiger partial charge in [-0.15, -0.1) is 0 Å². The second kappa shape index (κ2) is 8.90. The van der Waals surface area contributed by atoms with E-state index in [-0.39, 0.29) is 32.6 Å². The molecule has 0 bridgehead atoms. The fraction of sp³-hybridized carbons (Fsp3) is 0.500. The molecule has 1 aromatic carbocycles. The number of aromatic hydroxyl groups is 1. The molecule has 2 aliphatic rings. The van der Waals surface area contributed by atoms with Crippen molar-refractivity contribution in [3.63, 3.8) is 0 Å². The van der Waals surface area contributed by atoms with Crippen LogP contribution in [0.5, 0.6) is 5.75 Å². The molecule has 0 spiro atoms. The third-order valence-electron chi connectivity index (χ3n) is 6.72. The Labute approximate surface area is 221 Å². The molecule has 0 fully saturated rings. The highest BCUT2D eigenvalue weighted by atomic mass is 32.2. The van der Waals surface area contributed by atoms with Crippen LogP contribution in [0.25, 0.3) is 4.91 Å². The number of carbonyl (C=O) groups is 2. The molecule has 1 aromatic rings. The van der Waals surface area contributed by atoms with Crippen molar-refractivity contribution in [2.45, 2.75) is 93.9 Å². The topological polar surface area (TPSA) is 54.4 Å². The highest BCUT2D eigenvalue weighted by molar-refractivity contribution is 8.22. The van der Waals surface area contributed by atoms with Crippen molar-refractivity contribution in [1.82, 2.24) is 0 Å². The van der Waals surface area contributed by atoms with E-state index in [2.05, 4.69) is 41.5 Å². The highest BCUT2D eigenvalue weighted by Gasteiger charge is 2.36. The second-order valence-corrected chi connectivity index (χ2v) is 15.1. The largest absolute Gasteiger partial charge is 0.507 e. The Morgan fingerprint density at radius 2 is 1.06 bits per heavy atom. The summed E-state index contributed by atoms with van der Waals surface area (Å²) in [6.07, 6.45) is 5.77. The molecule has 3 rings (SSSR count). The van der Waals surface area contributed by atoms with Crippen molar-refractivity contribution in [2.75, 3.05) is 0 Å². The van der Waals surface area contributed by atoms with E-state index in [0.29, 0.717) is 11.3 Å². The molecule has 1 aliphatic heterocycles. The van der Waals surface area contributed by atoms with E-state index in [1.54, 1.807) is 0 Å². The summed E-state index contributed by atoms with van der Waals surface area (Å²) in [5.74, 6) is 0.387. The van der Waals surface area contributed by atoms with E-state index < -0.39 is 0 Å². The number of hydrogen-bond acceptors (Lipinski definition) is 4. The fourth-order valence-electron chi connectivity index (χ4n) is 4.54. The number of phenolic OH excluding ortho intramolecular Hbond substituents is 1. The summed E-state index contributed by atoms with van der Waals surface area (Å²) in [5.41, 5.74) is 4.35. The normalized spacial score (nSPS) is 17.9. The summed E-state index contributed by atoms with van der Waals surface area (Å²) in [7, 11) is 0. The van der Waals surface area contributed by atoms with Crippen molar-refractivity contribution < 1.29 is 14.7 Å². The Balaban J connectivity index is 2.28. The number of Topliss-reactive ketones (excluding diaryl/α,β-unsaturated/α-hetero) is 1. The van der Waals surface area contributed by atoms with Gasteiger partial charge in [-0.2, -0.15) is 0 Å². The van der Waals surface area contributed by atoms with Crippen LogP contribution in [0.3, 0.4) is 0 Å². The predicted octanol–water partition coefficient (Wildman–Crippen LogP) is 8.43. The van der Waals surface area contributed by atoms with E-state index in [0.717, 1.165) is 38.3 Å². The molecule has 3 nitrogen and oxygen atoms in total. The van der Waals surface area contributed by atoms with Crippen LogP contribution in [-0.4, -0.2) is 16.0 Å². The van der Waals surface area contributed by atoms with Crippen LogP contribution in [0.1, 0.15) is 99.8 Å². The van der Waals surface area contributed by atoms with Crippen LogP contribution < -0.4 is 0 Å². The zero-order chi connectivity index (χ0) is 27.6. The molecule has 0 aromatic heterocycles. The summed E-state index contributed by atoms with van der Waals surface area (Å²) < 4.78 is 0. The standard InChI is InChI=1S/C32H42O3S/c1-29(2,3)21-13-18(14-22(26(21)33)30(4,5)6)20-17-25(36-28(20)35)19-15-23(31(7,8)9)27(34)24(16-19)32(10,11)12/h13-17,34H,1-12H3. The number of phenols is 1. The van der Waals surface area contributed by atoms with E-state index in [9.17, 15) is 14.7 Å². The summed E-state index contributed by atoms with van der Waals surface area (Å²) >= 11 is 1.22. The Bertz CT molecular complexity index is 1180. The summed E-state index contributed by atoms with van der Waals surface area (Å²) in [4.78, 5) is 27.6. The molecule has 1 N–H and O–H groups in total. The number of thioether (sulfide) groups is 1. The Morgan fingerprint density at radius 3 is 1.42 bits per heavy atom. The molecule has 194 valence electrons. The summed E-state index contributed by atoms with van der Waals surface area (Å²) in [6, 6.07) is 4.03. The monoisotopic (exact) mass is 506 g/mol. The average Bonchev–Trinajstić information content (AvgIpc) is 3.06. The van der Waals surface area contributed by atoms with Gasteiger partial charge in [0.2, 0.25) is 5.12 Å². The Hall–Kier alpha value is -2.33. The van der Waals surface area contributed by atoms with Gasteiger partial charge in [0.25, 0.3) is 0 Å². The lowest BCUT2D eigenvalue weighted by Gasteiger charge is -2.31. The molecular formula is C32H42O3S. The van der Waals surface area contributed by atoms with Crippen molar-refractivity contribution >= 4 is 27.6 Å². The molecule has 1 aliphatic carbocycles. The smallest absolute Gasteiger partial charge is 0.224 e. The maximum absolute atomic E-state index is 13.4. The first-order valence-electron chi connectivity index (χ1n) is 12.7. The lowest BCUT2D eigenvalue weighted by Crippen LogP contribution is -2.28. The van der Waals surface area contributed by atoms with Crippen LogP contribution in [0.15, 0.2) is 52.7 Å². The van der Waals surface area contributed by atoms with Crippen LogP contribution in [0.2, 0.25) is 0 Å². The minimum atomic E-state index is -0.338. The van der Waals surface area contributed by atoms with E-state index in [4.69, 9.17) is 0 Å². The molecule has 4 heteroatoms. The molecule has 1 heterocycles. The lowest BCUT2D eigenvalue weighted by molar-refractivity contribution is -0.114. The first kappa shape index (κ1) is 28.2. The molecule has 0 saturated carbocycles.